The van der Waals surface area contributed by atoms with Gasteiger partial charge in [0, 0.05) is 28.3 Å². The smallest absolute Gasteiger partial charge is 0.310 e. The molecule has 0 fully saturated rings. The maximum absolute atomic E-state index is 14.9. The first-order chi connectivity index (χ1) is 15.6. The van der Waals surface area contributed by atoms with E-state index in [0.29, 0.717) is 29.1 Å². The Morgan fingerprint density at radius 2 is 1.97 bits per heavy atom. The SMILES string of the molecule is CCOC(=O)Cc1ccccc1OCc1cc(-c2ccnc(OC)c2F)c2occc2c1. The van der Waals surface area contributed by atoms with Crippen LogP contribution in [0.1, 0.15) is 18.1 Å². The van der Waals surface area contributed by atoms with Crippen LogP contribution < -0.4 is 9.47 Å². The molecule has 0 unspecified atom stereocenters. The molecule has 4 rings (SSSR count). The number of nitrogens with zero attached hydrogens (tertiary/aromatic N) is 1. The van der Waals surface area contributed by atoms with Gasteiger partial charge in [-0.15, -0.1) is 0 Å². The predicted octanol–water partition coefficient (Wildman–Crippen LogP) is 5.33. The van der Waals surface area contributed by atoms with E-state index in [1.165, 1.54) is 13.3 Å². The number of carbonyl (C=O) groups excluding carboxylic acids is 1. The van der Waals surface area contributed by atoms with Gasteiger partial charge in [0.25, 0.3) is 5.88 Å². The minimum absolute atomic E-state index is 0.0863. The van der Waals surface area contributed by atoms with Crippen LogP contribution in [0, 0.1) is 5.82 Å². The summed E-state index contributed by atoms with van der Waals surface area (Å²) >= 11 is 0. The summed E-state index contributed by atoms with van der Waals surface area (Å²) in [4.78, 5) is 15.8. The van der Waals surface area contributed by atoms with Gasteiger partial charge in [-0.1, -0.05) is 18.2 Å². The second kappa shape index (κ2) is 9.51. The monoisotopic (exact) mass is 435 g/mol. The number of hydrogen-bond acceptors (Lipinski definition) is 6. The molecule has 2 aromatic heterocycles. The molecule has 0 aliphatic heterocycles. The number of methoxy groups -OCH3 is 1. The van der Waals surface area contributed by atoms with Crippen molar-refractivity contribution >= 4 is 16.9 Å². The number of halogens is 1. The topological polar surface area (TPSA) is 70.8 Å². The summed E-state index contributed by atoms with van der Waals surface area (Å²) in [5.74, 6) is -0.374. The van der Waals surface area contributed by atoms with Crippen molar-refractivity contribution in [3.05, 3.63) is 77.9 Å². The van der Waals surface area contributed by atoms with Crippen molar-refractivity contribution in [3.63, 3.8) is 0 Å². The number of aromatic nitrogens is 1. The predicted molar refractivity (Wildman–Crippen MR) is 117 cm³/mol. The number of fused-ring (bicyclic) bond motifs is 1. The number of pyridine rings is 1. The molecule has 164 valence electrons. The van der Waals surface area contributed by atoms with Crippen molar-refractivity contribution in [1.82, 2.24) is 4.98 Å². The molecule has 0 aliphatic rings. The van der Waals surface area contributed by atoms with Crippen LogP contribution in [0.2, 0.25) is 0 Å². The highest BCUT2D eigenvalue weighted by atomic mass is 19.1. The summed E-state index contributed by atoms with van der Waals surface area (Å²) < 4.78 is 36.6. The summed E-state index contributed by atoms with van der Waals surface area (Å²) in [6.07, 6.45) is 3.17. The molecule has 0 N–H and O–H groups in total. The molecule has 0 saturated heterocycles. The number of rotatable bonds is 8. The van der Waals surface area contributed by atoms with E-state index in [1.54, 1.807) is 25.3 Å². The van der Waals surface area contributed by atoms with E-state index in [-0.39, 0.29) is 24.9 Å². The molecule has 4 aromatic rings. The Kier molecular flexibility index (Phi) is 6.35. The lowest BCUT2D eigenvalue weighted by Gasteiger charge is -2.13. The zero-order chi connectivity index (χ0) is 22.5. The molecular weight excluding hydrogens is 413 g/mol. The van der Waals surface area contributed by atoms with E-state index in [2.05, 4.69) is 4.98 Å². The molecule has 0 bridgehead atoms. The first kappa shape index (κ1) is 21.4. The number of furan rings is 1. The molecule has 0 spiro atoms. The summed E-state index contributed by atoms with van der Waals surface area (Å²) in [5, 5.41) is 0.816. The van der Waals surface area contributed by atoms with Crippen LogP contribution in [0.3, 0.4) is 0 Å². The van der Waals surface area contributed by atoms with Crippen molar-refractivity contribution in [3.8, 4) is 22.8 Å². The first-order valence-electron chi connectivity index (χ1n) is 10.2. The van der Waals surface area contributed by atoms with Crippen molar-refractivity contribution in [1.29, 1.82) is 0 Å². The van der Waals surface area contributed by atoms with Crippen molar-refractivity contribution in [2.24, 2.45) is 0 Å². The van der Waals surface area contributed by atoms with E-state index < -0.39 is 5.82 Å². The molecular formula is C25H22FNO5. The molecule has 2 heterocycles. The third kappa shape index (κ3) is 4.42. The van der Waals surface area contributed by atoms with Gasteiger partial charge >= 0.3 is 5.97 Å². The molecule has 0 amide bonds. The number of esters is 1. The quantitative estimate of drug-likeness (QED) is 0.349. The fraction of sp³-hybridized carbons (Fsp3) is 0.200. The van der Waals surface area contributed by atoms with Crippen LogP contribution in [0.5, 0.6) is 11.6 Å². The van der Waals surface area contributed by atoms with E-state index in [1.807, 2.05) is 36.4 Å². The third-order valence-electron chi connectivity index (χ3n) is 4.96. The van der Waals surface area contributed by atoms with E-state index in [0.717, 1.165) is 16.5 Å². The van der Waals surface area contributed by atoms with Gasteiger partial charge in [0.05, 0.1) is 26.4 Å². The second-order valence-corrected chi connectivity index (χ2v) is 7.04. The van der Waals surface area contributed by atoms with E-state index in [4.69, 9.17) is 18.6 Å². The van der Waals surface area contributed by atoms with Gasteiger partial charge in [-0.05, 0) is 42.8 Å². The van der Waals surface area contributed by atoms with Crippen LogP contribution in [0.25, 0.3) is 22.1 Å². The van der Waals surface area contributed by atoms with E-state index in [9.17, 15) is 9.18 Å². The normalized spacial score (nSPS) is 10.8. The lowest BCUT2D eigenvalue weighted by molar-refractivity contribution is -0.142. The minimum Gasteiger partial charge on any atom is -0.489 e. The van der Waals surface area contributed by atoms with Gasteiger partial charge in [0.1, 0.15) is 17.9 Å². The number of benzene rings is 2. The average molecular weight is 435 g/mol. The Balaban J connectivity index is 1.65. The third-order valence-corrected chi connectivity index (χ3v) is 4.96. The molecule has 0 saturated carbocycles. The molecule has 32 heavy (non-hydrogen) atoms. The van der Waals surface area contributed by atoms with Crippen LogP contribution >= 0.6 is 0 Å². The molecule has 7 heteroatoms. The van der Waals surface area contributed by atoms with Crippen LogP contribution in [0.15, 0.2) is 65.4 Å². The summed E-state index contributed by atoms with van der Waals surface area (Å²) in [6.45, 7) is 2.31. The van der Waals surface area contributed by atoms with Crippen molar-refractivity contribution in [2.45, 2.75) is 20.0 Å². The molecule has 6 nitrogen and oxygen atoms in total. The molecule has 0 atom stereocenters. The number of carbonyl (C=O) groups is 1. The fourth-order valence-electron chi connectivity index (χ4n) is 3.52. The highest BCUT2D eigenvalue weighted by molar-refractivity contribution is 5.93. The Morgan fingerprint density at radius 3 is 2.78 bits per heavy atom. The molecule has 0 aliphatic carbocycles. The van der Waals surface area contributed by atoms with Crippen LogP contribution in [-0.2, 0) is 22.6 Å². The Morgan fingerprint density at radius 1 is 1.12 bits per heavy atom. The van der Waals surface area contributed by atoms with Crippen LogP contribution in [-0.4, -0.2) is 24.7 Å². The van der Waals surface area contributed by atoms with Gasteiger partial charge in [-0.2, -0.15) is 0 Å². The average Bonchev–Trinajstić information content (AvgIpc) is 3.27. The van der Waals surface area contributed by atoms with Gasteiger partial charge < -0.3 is 18.6 Å². The largest absolute Gasteiger partial charge is 0.489 e. The van der Waals surface area contributed by atoms with Crippen molar-refractivity contribution in [2.75, 3.05) is 13.7 Å². The lowest BCUT2D eigenvalue weighted by Crippen LogP contribution is -2.09. The Hall–Kier alpha value is -3.87. The number of ether oxygens (including phenoxy) is 3. The van der Waals surface area contributed by atoms with Crippen LogP contribution in [0.4, 0.5) is 4.39 Å². The van der Waals surface area contributed by atoms with Gasteiger partial charge in [-0.25, -0.2) is 9.37 Å². The summed E-state index contributed by atoms with van der Waals surface area (Å²) in [5.41, 5.74) is 3.00. The Bertz CT molecular complexity index is 1250. The van der Waals surface area contributed by atoms with Gasteiger partial charge in [0.2, 0.25) is 0 Å². The number of para-hydroxylation sites is 1. The fourth-order valence-corrected chi connectivity index (χ4v) is 3.52. The highest BCUT2D eigenvalue weighted by Crippen LogP contribution is 2.35. The molecule has 2 aromatic carbocycles. The minimum atomic E-state index is -0.564. The maximum Gasteiger partial charge on any atom is 0.310 e. The van der Waals surface area contributed by atoms with Gasteiger partial charge in [-0.3, -0.25) is 4.79 Å². The zero-order valence-electron chi connectivity index (χ0n) is 17.8. The molecule has 0 radical (unpaired) electrons. The lowest BCUT2D eigenvalue weighted by atomic mass is 10.0. The zero-order valence-corrected chi connectivity index (χ0v) is 17.8. The van der Waals surface area contributed by atoms with E-state index >= 15 is 0 Å². The Labute approximate surface area is 184 Å². The maximum atomic E-state index is 14.9. The standard InChI is InChI=1S/C25H22FNO5/c1-3-30-22(28)14-17-6-4-5-7-21(17)32-15-16-12-18-9-11-31-24(18)20(13-16)19-8-10-27-25(29-2)23(19)26/h4-13H,3,14-15H2,1-2H3. The summed E-state index contributed by atoms with van der Waals surface area (Å²) in [6, 6.07) is 14.4. The number of hydrogen-bond donors (Lipinski definition) is 0. The van der Waals surface area contributed by atoms with Crippen molar-refractivity contribution < 1.29 is 27.8 Å². The first-order valence-corrected chi connectivity index (χ1v) is 10.2. The van der Waals surface area contributed by atoms with Gasteiger partial charge in [0.15, 0.2) is 5.82 Å². The second-order valence-electron chi connectivity index (χ2n) is 7.04. The highest BCUT2D eigenvalue weighted by Gasteiger charge is 2.17. The summed E-state index contributed by atoms with van der Waals surface area (Å²) in [7, 11) is 1.37.